The molecular formula is C12H14O3. The number of ketones is 1. The second kappa shape index (κ2) is 3.66. The van der Waals surface area contributed by atoms with E-state index in [1.54, 1.807) is 6.07 Å². The van der Waals surface area contributed by atoms with Gasteiger partial charge in [-0.1, -0.05) is 12.1 Å². The number of epoxide rings is 1. The molecule has 1 fully saturated rings. The third-order valence-electron chi connectivity index (χ3n) is 2.44. The zero-order chi connectivity index (χ0) is 10.9. The Balaban J connectivity index is 2.09. The monoisotopic (exact) mass is 206 g/mol. The van der Waals surface area contributed by atoms with E-state index in [9.17, 15) is 4.79 Å². The number of carbonyl (C=O) groups excluding carboxylic acids is 1. The van der Waals surface area contributed by atoms with Gasteiger partial charge in [-0.2, -0.15) is 0 Å². The van der Waals surface area contributed by atoms with Gasteiger partial charge in [-0.3, -0.25) is 4.79 Å². The van der Waals surface area contributed by atoms with Crippen LogP contribution in [0.2, 0.25) is 0 Å². The summed E-state index contributed by atoms with van der Waals surface area (Å²) < 4.78 is 10.8. The molecule has 0 aliphatic carbocycles. The smallest absolute Gasteiger partial charge is 0.163 e. The number of Topliss-reactive ketones (excluding diaryl/α,β-unsaturated/α-hetero) is 1. The molecule has 0 radical (unpaired) electrons. The summed E-state index contributed by atoms with van der Waals surface area (Å²) in [6.07, 6.45) is 0. The maximum absolute atomic E-state index is 11.3. The zero-order valence-corrected chi connectivity index (χ0v) is 8.95. The summed E-state index contributed by atoms with van der Waals surface area (Å²) in [5, 5.41) is 0. The minimum absolute atomic E-state index is 0.0208. The lowest BCUT2D eigenvalue weighted by Crippen LogP contribution is -2.17. The highest BCUT2D eigenvalue weighted by molar-refractivity contribution is 5.96. The van der Waals surface area contributed by atoms with Gasteiger partial charge in [-0.05, 0) is 26.0 Å². The molecule has 1 aromatic carbocycles. The molecule has 0 bridgehead atoms. The summed E-state index contributed by atoms with van der Waals surface area (Å²) in [6, 6.07) is 7.27. The van der Waals surface area contributed by atoms with Gasteiger partial charge in [0.05, 0.1) is 12.2 Å². The molecule has 0 N–H and O–H groups in total. The van der Waals surface area contributed by atoms with E-state index in [1.165, 1.54) is 6.92 Å². The molecule has 0 spiro atoms. The van der Waals surface area contributed by atoms with E-state index < -0.39 is 0 Å². The Morgan fingerprint density at radius 3 is 2.80 bits per heavy atom. The number of benzene rings is 1. The number of ether oxygens (including phenoxy) is 2. The molecular weight excluding hydrogens is 192 g/mol. The van der Waals surface area contributed by atoms with Crippen molar-refractivity contribution in [3.63, 3.8) is 0 Å². The maximum atomic E-state index is 11.3. The average Bonchev–Trinajstić information content (AvgIpc) is 2.95. The Bertz CT molecular complexity index is 380. The zero-order valence-electron chi connectivity index (χ0n) is 8.95. The molecule has 0 amide bonds. The minimum Gasteiger partial charge on any atom is -0.490 e. The number of rotatable bonds is 4. The van der Waals surface area contributed by atoms with E-state index in [2.05, 4.69) is 0 Å². The molecule has 1 unspecified atom stereocenters. The molecule has 1 aromatic rings. The minimum atomic E-state index is -0.149. The lowest BCUT2D eigenvalue weighted by Gasteiger charge is -2.11. The predicted molar refractivity (Wildman–Crippen MR) is 56.3 cm³/mol. The topological polar surface area (TPSA) is 38.8 Å². The standard InChI is InChI=1S/C12H14O3/c1-9(13)10-5-3-4-6-11(10)14-7-12(2)8-15-12/h3-6H,7-8H2,1-2H3. The summed E-state index contributed by atoms with van der Waals surface area (Å²) in [6.45, 7) is 4.76. The first-order valence-electron chi connectivity index (χ1n) is 4.97. The van der Waals surface area contributed by atoms with Gasteiger partial charge in [0.2, 0.25) is 0 Å². The Labute approximate surface area is 89.0 Å². The molecule has 3 heteroatoms. The highest BCUT2D eigenvalue weighted by Gasteiger charge is 2.40. The van der Waals surface area contributed by atoms with Gasteiger partial charge in [0.15, 0.2) is 5.78 Å². The van der Waals surface area contributed by atoms with Crippen LogP contribution < -0.4 is 4.74 Å². The van der Waals surface area contributed by atoms with Gasteiger partial charge < -0.3 is 9.47 Å². The SMILES string of the molecule is CC(=O)c1ccccc1OCC1(C)CO1. The van der Waals surface area contributed by atoms with E-state index in [0.29, 0.717) is 17.9 Å². The van der Waals surface area contributed by atoms with Crippen LogP contribution in [0.5, 0.6) is 5.75 Å². The molecule has 1 saturated heterocycles. The summed E-state index contributed by atoms with van der Waals surface area (Å²) in [5.41, 5.74) is 0.478. The first kappa shape index (κ1) is 10.2. The summed E-state index contributed by atoms with van der Waals surface area (Å²) in [7, 11) is 0. The highest BCUT2D eigenvalue weighted by atomic mass is 16.6. The molecule has 2 rings (SSSR count). The number of hydrogen-bond donors (Lipinski definition) is 0. The van der Waals surface area contributed by atoms with E-state index in [1.807, 2.05) is 25.1 Å². The lowest BCUT2D eigenvalue weighted by molar-refractivity contribution is 0.101. The van der Waals surface area contributed by atoms with Crippen LogP contribution in [-0.4, -0.2) is 24.6 Å². The molecule has 1 aliphatic heterocycles. The fourth-order valence-corrected chi connectivity index (χ4v) is 1.32. The second-order valence-corrected chi connectivity index (χ2v) is 4.08. The third-order valence-corrected chi connectivity index (χ3v) is 2.44. The van der Waals surface area contributed by atoms with Gasteiger partial charge in [0.25, 0.3) is 0 Å². The van der Waals surface area contributed by atoms with Crippen LogP contribution in [0.25, 0.3) is 0 Å². The van der Waals surface area contributed by atoms with Crippen LogP contribution in [0.15, 0.2) is 24.3 Å². The highest BCUT2D eigenvalue weighted by Crippen LogP contribution is 2.28. The second-order valence-electron chi connectivity index (χ2n) is 4.08. The van der Waals surface area contributed by atoms with Crippen molar-refractivity contribution in [2.45, 2.75) is 19.4 Å². The molecule has 0 saturated carbocycles. The summed E-state index contributed by atoms with van der Waals surface area (Å²) >= 11 is 0. The Morgan fingerprint density at radius 1 is 1.53 bits per heavy atom. The molecule has 15 heavy (non-hydrogen) atoms. The van der Waals surface area contributed by atoms with Crippen molar-refractivity contribution in [3.8, 4) is 5.75 Å². The van der Waals surface area contributed by atoms with Crippen LogP contribution in [0.3, 0.4) is 0 Å². The number of para-hydroxylation sites is 1. The number of hydrogen-bond acceptors (Lipinski definition) is 3. The first-order valence-corrected chi connectivity index (χ1v) is 4.97. The van der Waals surface area contributed by atoms with Crippen LogP contribution in [0.1, 0.15) is 24.2 Å². The molecule has 0 aromatic heterocycles. The summed E-state index contributed by atoms with van der Waals surface area (Å²) in [4.78, 5) is 11.3. The molecule has 3 nitrogen and oxygen atoms in total. The van der Waals surface area contributed by atoms with Crippen LogP contribution in [0, 0.1) is 0 Å². The Hall–Kier alpha value is -1.35. The van der Waals surface area contributed by atoms with Gasteiger partial charge in [0, 0.05) is 0 Å². The van der Waals surface area contributed by atoms with E-state index in [0.717, 1.165) is 6.61 Å². The van der Waals surface area contributed by atoms with E-state index in [-0.39, 0.29) is 11.4 Å². The number of carbonyl (C=O) groups is 1. The molecule has 1 atom stereocenters. The Morgan fingerprint density at radius 2 is 2.20 bits per heavy atom. The molecule has 1 heterocycles. The summed E-state index contributed by atoms with van der Waals surface area (Å²) in [5.74, 6) is 0.661. The molecule has 1 aliphatic rings. The van der Waals surface area contributed by atoms with Crippen molar-refractivity contribution >= 4 is 5.78 Å². The quantitative estimate of drug-likeness (QED) is 0.559. The Kier molecular flexibility index (Phi) is 2.49. The predicted octanol–water partition coefficient (Wildman–Crippen LogP) is 2.06. The van der Waals surface area contributed by atoms with Gasteiger partial charge in [-0.15, -0.1) is 0 Å². The van der Waals surface area contributed by atoms with Gasteiger partial charge >= 0.3 is 0 Å². The van der Waals surface area contributed by atoms with Crippen molar-refractivity contribution in [1.82, 2.24) is 0 Å². The van der Waals surface area contributed by atoms with Crippen LogP contribution in [0.4, 0.5) is 0 Å². The van der Waals surface area contributed by atoms with Crippen molar-refractivity contribution in [2.24, 2.45) is 0 Å². The molecule has 80 valence electrons. The largest absolute Gasteiger partial charge is 0.490 e. The normalized spacial score (nSPS) is 23.6. The van der Waals surface area contributed by atoms with Gasteiger partial charge in [0.1, 0.15) is 18.0 Å². The fourth-order valence-electron chi connectivity index (χ4n) is 1.32. The van der Waals surface area contributed by atoms with Crippen molar-refractivity contribution in [1.29, 1.82) is 0 Å². The fraction of sp³-hybridized carbons (Fsp3) is 0.417. The van der Waals surface area contributed by atoms with Gasteiger partial charge in [-0.25, -0.2) is 0 Å². The average molecular weight is 206 g/mol. The maximum Gasteiger partial charge on any atom is 0.163 e. The van der Waals surface area contributed by atoms with E-state index in [4.69, 9.17) is 9.47 Å². The third kappa shape index (κ3) is 2.36. The van der Waals surface area contributed by atoms with Crippen LogP contribution >= 0.6 is 0 Å². The van der Waals surface area contributed by atoms with Crippen molar-refractivity contribution in [2.75, 3.05) is 13.2 Å². The van der Waals surface area contributed by atoms with E-state index >= 15 is 0 Å². The first-order chi connectivity index (χ1) is 7.11. The van der Waals surface area contributed by atoms with Crippen molar-refractivity contribution < 1.29 is 14.3 Å². The lowest BCUT2D eigenvalue weighted by atomic mass is 10.1. The van der Waals surface area contributed by atoms with Crippen molar-refractivity contribution in [3.05, 3.63) is 29.8 Å². The van der Waals surface area contributed by atoms with Crippen LogP contribution in [-0.2, 0) is 4.74 Å².